The number of nitrogens with one attached hydrogen (secondary N) is 1. The van der Waals surface area contributed by atoms with Crippen LogP contribution in [-0.2, 0) is 0 Å². The fourth-order valence-electron chi connectivity index (χ4n) is 2.09. The first kappa shape index (κ1) is 12.2. The van der Waals surface area contributed by atoms with Crippen molar-refractivity contribution < 1.29 is 5.11 Å². The van der Waals surface area contributed by atoms with Gasteiger partial charge in [0.15, 0.2) is 0 Å². The van der Waals surface area contributed by atoms with Crippen molar-refractivity contribution in [2.45, 2.75) is 0 Å². The zero-order chi connectivity index (χ0) is 13.8. The summed E-state index contributed by atoms with van der Waals surface area (Å²) in [5.74, 6) is 0.218. The van der Waals surface area contributed by atoms with E-state index in [4.69, 9.17) is 0 Å². The molecule has 0 aliphatic carbocycles. The predicted octanol–water partition coefficient (Wildman–Crippen LogP) is 3.99. The topological polar surface area (TPSA) is 44.6 Å². The van der Waals surface area contributed by atoms with Crippen molar-refractivity contribution in [3.05, 3.63) is 72.3 Å². The Morgan fingerprint density at radius 3 is 2.50 bits per heavy atom. The van der Waals surface area contributed by atoms with E-state index in [1.54, 1.807) is 18.3 Å². The second-order valence-corrected chi connectivity index (χ2v) is 4.46. The van der Waals surface area contributed by atoms with Crippen molar-refractivity contribution in [2.24, 2.45) is 5.10 Å². The third kappa shape index (κ3) is 2.47. The fourth-order valence-corrected chi connectivity index (χ4v) is 2.09. The standard InChI is InChI=1S/C17H14N2O/c20-17-11-4-2-7-14(17)12-18-19-16-10-5-8-13-6-1-3-9-15(13)16/h1-12,19-20H. The van der Waals surface area contributed by atoms with Gasteiger partial charge in [0.05, 0.1) is 11.9 Å². The predicted molar refractivity (Wildman–Crippen MR) is 83.3 cm³/mol. The van der Waals surface area contributed by atoms with Gasteiger partial charge in [0, 0.05) is 10.9 Å². The second kappa shape index (κ2) is 5.45. The number of nitrogens with zero attached hydrogens (tertiary/aromatic N) is 1. The summed E-state index contributed by atoms with van der Waals surface area (Å²) in [4.78, 5) is 0. The van der Waals surface area contributed by atoms with E-state index in [0.717, 1.165) is 16.5 Å². The van der Waals surface area contributed by atoms with Crippen LogP contribution >= 0.6 is 0 Å². The Morgan fingerprint density at radius 2 is 1.60 bits per heavy atom. The average Bonchev–Trinajstić information content (AvgIpc) is 2.49. The summed E-state index contributed by atoms with van der Waals surface area (Å²) >= 11 is 0. The number of aromatic hydroxyl groups is 1. The molecule has 3 aromatic carbocycles. The number of phenolic OH excluding ortho intramolecular Hbond substituents is 1. The molecule has 0 aliphatic heterocycles. The summed E-state index contributed by atoms with van der Waals surface area (Å²) in [7, 11) is 0. The lowest BCUT2D eigenvalue weighted by Gasteiger charge is -2.05. The molecule has 0 saturated heterocycles. The van der Waals surface area contributed by atoms with Gasteiger partial charge < -0.3 is 5.11 Å². The summed E-state index contributed by atoms with van der Waals surface area (Å²) in [5.41, 5.74) is 4.64. The van der Waals surface area contributed by atoms with Crippen molar-refractivity contribution in [1.29, 1.82) is 0 Å². The van der Waals surface area contributed by atoms with Crippen LogP contribution in [-0.4, -0.2) is 11.3 Å². The van der Waals surface area contributed by atoms with E-state index in [1.807, 2.05) is 42.5 Å². The number of anilines is 1. The van der Waals surface area contributed by atoms with Gasteiger partial charge in [0.2, 0.25) is 0 Å². The van der Waals surface area contributed by atoms with Gasteiger partial charge in [0.1, 0.15) is 5.75 Å². The molecule has 98 valence electrons. The second-order valence-electron chi connectivity index (χ2n) is 4.46. The number of benzene rings is 3. The van der Waals surface area contributed by atoms with Crippen molar-refractivity contribution >= 4 is 22.7 Å². The van der Waals surface area contributed by atoms with Crippen LogP contribution in [0.4, 0.5) is 5.69 Å². The van der Waals surface area contributed by atoms with Crippen LogP contribution in [0.1, 0.15) is 5.56 Å². The van der Waals surface area contributed by atoms with E-state index in [9.17, 15) is 5.11 Å². The van der Waals surface area contributed by atoms with Gasteiger partial charge >= 0.3 is 0 Å². The molecule has 0 spiro atoms. The molecule has 0 amide bonds. The number of fused-ring (bicyclic) bond motifs is 1. The maximum Gasteiger partial charge on any atom is 0.124 e. The van der Waals surface area contributed by atoms with E-state index in [1.165, 1.54) is 0 Å². The Hall–Kier alpha value is -2.81. The molecule has 2 N–H and O–H groups in total. The number of phenols is 1. The molecule has 0 bridgehead atoms. The summed E-state index contributed by atoms with van der Waals surface area (Å²) in [6.45, 7) is 0. The molecule has 0 aliphatic rings. The number of hydrogen-bond donors (Lipinski definition) is 2. The molecule has 0 saturated carbocycles. The molecular formula is C17H14N2O. The first-order valence-corrected chi connectivity index (χ1v) is 6.39. The molecule has 0 heterocycles. The summed E-state index contributed by atoms with van der Waals surface area (Å²) in [5, 5.41) is 16.1. The van der Waals surface area contributed by atoms with Crippen molar-refractivity contribution in [3.63, 3.8) is 0 Å². The Morgan fingerprint density at radius 1 is 0.850 bits per heavy atom. The minimum Gasteiger partial charge on any atom is -0.507 e. The smallest absolute Gasteiger partial charge is 0.124 e. The third-order valence-corrected chi connectivity index (χ3v) is 3.12. The molecule has 3 aromatic rings. The lowest BCUT2D eigenvalue weighted by Crippen LogP contribution is -1.91. The molecule has 0 fully saturated rings. The van der Waals surface area contributed by atoms with Crippen LogP contribution in [0.2, 0.25) is 0 Å². The van der Waals surface area contributed by atoms with Crippen molar-refractivity contribution in [2.75, 3.05) is 5.43 Å². The number of rotatable bonds is 3. The SMILES string of the molecule is Oc1ccccc1C=NNc1cccc2ccccc12. The molecule has 0 radical (unpaired) electrons. The van der Waals surface area contributed by atoms with Crippen LogP contribution in [0.15, 0.2) is 71.8 Å². The monoisotopic (exact) mass is 262 g/mol. The van der Waals surface area contributed by atoms with Gasteiger partial charge in [-0.2, -0.15) is 5.10 Å². The highest BCUT2D eigenvalue weighted by molar-refractivity contribution is 5.94. The summed E-state index contributed by atoms with van der Waals surface area (Å²) in [6.07, 6.45) is 1.61. The zero-order valence-corrected chi connectivity index (χ0v) is 10.8. The first-order valence-electron chi connectivity index (χ1n) is 6.39. The largest absolute Gasteiger partial charge is 0.507 e. The molecule has 20 heavy (non-hydrogen) atoms. The van der Waals surface area contributed by atoms with Gasteiger partial charge in [-0.1, -0.05) is 48.5 Å². The van der Waals surface area contributed by atoms with Gasteiger partial charge in [-0.05, 0) is 23.6 Å². The minimum atomic E-state index is 0.218. The van der Waals surface area contributed by atoms with Crippen molar-refractivity contribution in [3.8, 4) is 5.75 Å². The fraction of sp³-hybridized carbons (Fsp3) is 0. The average molecular weight is 262 g/mol. The summed E-state index contributed by atoms with van der Waals surface area (Å²) in [6, 6.07) is 21.2. The number of hydrazone groups is 1. The number of hydrogen-bond acceptors (Lipinski definition) is 3. The van der Waals surface area contributed by atoms with Gasteiger partial charge in [-0.25, -0.2) is 0 Å². The van der Waals surface area contributed by atoms with E-state index in [0.29, 0.717) is 5.56 Å². The van der Waals surface area contributed by atoms with E-state index in [2.05, 4.69) is 22.7 Å². The Kier molecular flexibility index (Phi) is 3.33. The summed E-state index contributed by atoms with van der Waals surface area (Å²) < 4.78 is 0. The maximum atomic E-state index is 9.66. The van der Waals surface area contributed by atoms with Crippen LogP contribution in [0.25, 0.3) is 10.8 Å². The minimum absolute atomic E-state index is 0.218. The van der Waals surface area contributed by atoms with Gasteiger partial charge in [0.25, 0.3) is 0 Å². The lowest BCUT2D eigenvalue weighted by molar-refractivity contribution is 0.474. The molecule has 0 unspecified atom stereocenters. The molecule has 0 atom stereocenters. The Balaban J connectivity index is 1.86. The molecule has 3 nitrogen and oxygen atoms in total. The van der Waals surface area contributed by atoms with E-state index >= 15 is 0 Å². The first-order chi connectivity index (χ1) is 9.84. The quantitative estimate of drug-likeness (QED) is 0.553. The highest BCUT2D eigenvalue weighted by atomic mass is 16.3. The maximum absolute atomic E-state index is 9.66. The molecule has 0 aromatic heterocycles. The molecule has 3 heteroatoms. The number of para-hydroxylation sites is 1. The third-order valence-electron chi connectivity index (χ3n) is 3.12. The molecule has 3 rings (SSSR count). The van der Waals surface area contributed by atoms with Crippen LogP contribution < -0.4 is 5.43 Å². The van der Waals surface area contributed by atoms with E-state index in [-0.39, 0.29) is 5.75 Å². The van der Waals surface area contributed by atoms with Crippen LogP contribution in [0, 0.1) is 0 Å². The van der Waals surface area contributed by atoms with Crippen LogP contribution in [0.5, 0.6) is 5.75 Å². The Bertz CT molecular complexity index is 760. The molecular weight excluding hydrogens is 248 g/mol. The van der Waals surface area contributed by atoms with E-state index < -0.39 is 0 Å². The normalized spacial score (nSPS) is 11.0. The Labute approximate surface area is 117 Å². The lowest BCUT2D eigenvalue weighted by atomic mass is 10.1. The van der Waals surface area contributed by atoms with Gasteiger partial charge in [-0.15, -0.1) is 0 Å². The van der Waals surface area contributed by atoms with Crippen molar-refractivity contribution in [1.82, 2.24) is 0 Å². The van der Waals surface area contributed by atoms with Gasteiger partial charge in [-0.3, -0.25) is 5.43 Å². The van der Waals surface area contributed by atoms with Crippen LogP contribution in [0.3, 0.4) is 0 Å². The zero-order valence-electron chi connectivity index (χ0n) is 10.8. The highest BCUT2D eigenvalue weighted by Gasteiger charge is 1.98. The highest BCUT2D eigenvalue weighted by Crippen LogP contribution is 2.23.